The van der Waals surface area contributed by atoms with E-state index in [9.17, 15) is 0 Å². The maximum absolute atomic E-state index is 4.12. The molecule has 0 aromatic heterocycles. The van der Waals surface area contributed by atoms with Gasteiger partial charge in [0.25, 0.3) is 0 Å². The van der Waals surface area contributed by atoms with Crippen LogP contribution in [0.3, 0.4) is 0 Å². The van der Waals surface area contributed by atoms with E-state index < -0.39 is 5.41 Å². The van der Waals surface area contributed by atoms with Gasteiger partial charge < -0.3 is 0 Å². The molecular formula is C41H46Y2-2. The topological polar surface area (TPSA) is 0 Å². The summed E-state index contributed by atoms with van der Waals surface area (Å²) in [5.41, 5.74) is 31.0. The molecule has 2 radical (unpaired) electrons. The summed E-state index contributed by atoms with van der Waals surface area (Å²) in [6.07, 6.45) is 1.95. The Hall–Kier alpha value is -0.912. The number of hydrogen-bond acceptors (Lipinski definition) is 0. The Labute approximate surface area is 312 Å². The molecular weight excluding hydrogens is 670 g/mol. The standard InChI is InChI=1S/C41H46.2Y/c1-19-15-37-33(27(9)21(19)3)17-35-29(11)23(5)25(7)31(13)39(35)41(37)38-16-20(2)22(4)28(10)34(38)18-36-30(12)24(6)26(8)32(14)40(36)41;;/h17-18H2,1-14H3;;/q-2;;. The van der Waals surface area contributed by atoms with E-state index in [-0.39, 0.29) is 65.4 Å². The first-order valence-corrected chi connectivity index (χ1v) is 15.4. The molecule has 2 heteroatoms. The summed E-state index contributed by atoms with van der Waals surface area (Å²) in [7, 11) is 0. The van der Waals surface area contributed by atoms with E-state index in [2.05, 4.69) is 109 Å². The number of aryl methyl sites for hydroxylation is 2. The molecule has 0 amide bonds. The molecule has 0 N–H and O–H groups in total. The molecule has 0 unspecified atom stereocenters. The second kappa shape index (κ2) is 11.7. The summed E-state index contributed by atoms with van der Waals surface area (Å²) in [4.78, 5) is 0. The summed E-state index contributed by atoms with van der Waals surface area (Å²) < 4.78 is 0. The first-order chi connectivity index (χ1) is 19.2. The van der Waals surface area contributed by atoms with Gasteiger partial charge in [-0.1, -0.05) is 41.5 Å². The zero-order valence-electron chi connectivity index (χ0n) is 29.1. The van der Waals surface area contributed by atoms with Gasteiger partial charge >= 0.3 is 0 Å². The number of benzene rings is 4. The number of fused-ring (bicyclic) bond motifs is 8. The van der Waals surface area contributed by atoms with E-state index in [1.54, 1.807) is 0 Å². The zero-order chi connectivity index (χ0) is 30.0. The van der Waals surface area contributed by atoms with E-state index in [1.165, 1.54) is 122 Å². The van der Waals surface area contributed by atoms with Crippen LogP contribution in [0.2, 0.25) is 0 Å². The van der Waals surface area contributed by atoms with Crippen LogP contribution in [0, 0.1) is 109 Å². The van der Waals surface area contributed by atoms with Crippen molar-refractivity contribution in [1.82, 2.24) is 0 Å². The van der Waals surface area contributed by atoms with E-state index in [0.717, 1.165) is 12.8 Å². The molecule has 2 aliphatic carbocycles. The van der Waals surface area contributed by atoms with Gasteiger partial charge in [0.15, 0.2) is 0 Å². The van der Waals surface area contributed by atoms with Gasteiger partial charge in [-0.25, -0.2) is 0 Å². The van der Waals surface area contributed by atoms with Gasteiger partial charge in [-0.05, 0) is 135 Å². The van der Waals surface area contributed by atoms with Crippen LogP contribution < -0.4 is 0 Å². The van der Waals surface area contributed by atoms with Gasteiger partial charge in [-0.2, -0.15) is 45.5 Å². The fourth-order valence-corrected chi connectivity index (χ4v) is 8.53. The minimum absolute atomic E-state index is 0. The van der Waals surface area contributed by atoms with Gasteiger partial charge in [0, 0.05) is 70.8 Å². The molecule has 0 aliphatic heterocycles. The minimum Gasteiger partial charge on any atom is -0.175 e. The molecule has 6 rings (SSSR count). The maximum Gasteiger partial charge on any atom is 0.0270 e. The van der Waals surface area contributed by atoms with Crippen LogP contribution in [0.4, 0.5) is 0 Å². The third-order valence-corrected chi connectivity index (χ3v) is 12.2. The number of hydrogen-bond donors (Lipinski definition) is 0. The summed E-state index contributed by atoms with van der Waals surface area (Å²) in [5.74, 6) is 0. The summed E-state index contributed by atoms with van der Waals surface area (Å²) in [6.45, 7) is 32.7. The average molecular weight is 717 g/mol. The van der Waals surface area contributed by atoms with E-state index >= 15 is 0 Å². The predicted octanol–water partition coefficient (Wildman–Crippen LogP) is 9.79. The van der Waals surface area contributed by atoms with Crippen LogP contribution in [0.15, 0.2) is 0 Å². The Balaban J connectivity index is 0.00000212. The largest absolute Gasteiger partial charge is 0.175 e. The van der Waals surface area contributed by atoms with Gasteiger partial charge in [-0.3, -0.25) is 0 Å². The molecule has 2 aliphatic rings. The third kappa shape index (κ3) is 4.43. The van der Waals surface area contributed by atoms with E-state index in [0.29, 0.717) is 0 Å². The van der Waals surface area contributed by atoms with Crippen molar-refractivity contribution >= 4 is 0 Å². The van der Waals surface area contributed by atoms with Crippen LogP contribution in [0.5, 0.6) is 0 Å². The molecule has 0 bridgehead atoms. The molecule has 1 spiro atoms. The zero-order valence-corrected chi connectivity index (χ0v) is 34.7. The molecule has 0 saturated carbocycles. The average Bonchev–Trinajstić information content (AvgIpc) is 2.94. The van der Waals surface area contributed by atoms with Crippen LogP contribution in [0.1, 0.15) is 122 Å². The fourth-order valence-electron chi connectivity index (χ4n) is 8.53. The smallest absolute Gasteiger partial charge is 0.0270 e. The number of rotatable bonds is 0. The van der Waals surface area contributed by atoms with Crippen LogP contribution >= 0.6 is 0 Å². The van der Waals surface area contributed by atoms with Crippen LogP contribution in [-0.2, 0) is 83.7 Å². The Kier molecular flexibility index (Phi) is 9.52. The summed E-state index contributed by atoms with van der Waals surface area (Å²) >= 11 is 0. The van der Waals surface area contributed by atoms with E-state index in [4.69, 9.17) is 0 Å². The van der Waals surface area contributed by atoms with Crippen molar-refractivity contribution in [2.24, 2.45) is 0 Å². The first-order valence-electron chi connectivity index (χ1n) is 15.4. The minimum atomic E-state index is -0.446. The van der Waals surface area contributed by atoms with Crippen molar-refractivity contribution in [3.05, 3.63) is 135 Å². The second-order valence-corrected chi connectivity index (χ2v) is 13.5. The van der Waals surface area contributed by atoms with Crippen molar-refractivity contribution in [2.75, 3.05) is 0 Å². The third-order valence-electron chi connectivity index (χ3n) is 12.2. The van der Waals surface area contributed by atoms with Crippen molar-refractivity contribution in [3.8, 4) is 0 Å². The molecule has 218 valence electrons. The fraction of sp³-hybridized carbons (Fsp3) is 0.415. The molecule has 0 heterocycles. The summed E-state index contributed by atoms with van der Waals surface area (Å²) in [5, 5.41) is 0. The Bertz CT molecular complexity index is 1730. The van der Waals surface area contributed by atoms with Gasteiger partial charge in [0.1, 0.15) is 0 Å². The molecule has 4 aromatic rings. The molecule has 0 nitrogen and oxygen atoms in total. The van der Waals surface area contributed by atoms with E-state index in [1.807, 2.05) is 0 Å². The van der Waals surface area contributed by atoms with Crippen molar-refractivity contribution in [3.63, 3.8) is 0 Å². The van der Waals surface area contributed by atoms with Crippen LogP contribution in [0.25, 0.3) is 0 Å². The second-order valence-electron chi connectivity index (χ2n) is 13.5. The van der Waals surface area contributed by atoms with Crippen molar-refractivity contribution in [1.29, 1.82) is 0 Å². The van der Waals surface area contributed by atoms with Crippen molar-refractivity contribution < 1.29 is 65.4 Å². The Morgan fingerprint density at radius 1 is 0.349 bits per heavy atom. The molecule has 0 fully saturated rings. The van der Waals surface area contributed by atoms with Gasteiger partial charge in [-0.15, -0.1) is 22.3 Å². The molecule has 0 atom stereocenters. The normalized spacial score (nSPS) is 13.9. The first kappa shape index (κ1) is 35.0. The quantitative estimate of drug-likeness (QED) is 0.137. The Morgan fingerprint density at radius 2 is 0.628 bits per heavy atom. The monoisotopic (exact) mass is 716 g/mol. The Morgan fingerprint density at radius 3 is 0.953 bits per heavy atom. The summed E-state index contributed by atoms with van der Waals surface area (Å²) in [6, 6.07) is 8.23. The maximum atomic E-state index is 4.12. The predicted molar refractivity (Wildman–Crippen MR) is 174 cm³/mol. The SMILES string of the molecule is Cc1[c-]c2c(c(C)c1C)Cc1c(C)c(C)c(C)c(C)c1C21c2[c-]c(C)c(C)c(C)c2Cc2c(C)c(C)c(C)c(C)c21.[Y].[Y]. The van der Waals surface area contributed by atoms with Crippen molar-refractivity contribution in [2.45, 2.75) is 115 Å². The molecule has 0 saturated heterocycles. The molecule has 4 aromatic carbocycles. The van der Waals surface area contributed by atoms with Crippen LogP contribution in [-0.4, -0.2) is 0 Å². The van der Waals surface area contributed by atoms with Gasteiger partial charge in [0.05, 0.1) is 0 Å². The molecule has 43 heavy (non-hydrogen) atoms. The van der Waals surface area contributed by atoms with Gasteiger partial charge in [0.2, 0.25) is 0 Å².